The minimum atomic E-state index is -0.393. The highest BCUT2D eigenvalue weighted by atomic mass is 16.3. The molecular formula is C11H15N3O2. The molecule has 0 saturated heterocycles. The van der Waals surface area contributed by atoms with Crippen molar-refractivity contribution in [3.05, 3.63) is 23.7 Å². The molecule has 1 aromatic rings. The van der Waals surface area contributed by atoms with Gasteiger partial charge in [0, 0.05) is 0 Å². The number of nitrogens with one attached hydrogen (secondary N) is 1. The van der Waals surface area contributed by atoms with Crippen molar-refractivity contribution in [3.63, 3.8) is 0 Å². The third kappa shape index (κ3) is 3.11. The van der Waals surface area contributed by atoms with Crippen LogP contribution in [0.5, 0.6) is 0 Å². The Morgan fingerprint density at radius 1 is 1.62 bits per heavy atom. The van der Waals surface area contributed by atoms with E-state index in [1.54, 1.807) is 12.1 Å². The molecule has 0 radical (unpaired) electrons. The Bertz CT molecular complexity index is 404. The maximum Gasteiger partial charge on any atom is 0.234 e. The highest BCUT2D eigenvalue weighted by molar-refractivity contribution is 5.80. The quantitative estimate of drug-likeness (QED) is 0.767. The Kier molecular flexibility index (Phi) is 4.09. The zero-order valence-electron chi connectivity index (χ0n) is 9.36. The molecular weight excluding hydrogens is 206 g/mol. The summed E-state index contributed by atoms with van der Waals surface area (Å²) >= 11 is 0. The van der Waals surface area contributed by atoms with Gasteiger partial charge in [-0.1, -0.05) is 13.8 Å². The zero-order chi connectivity index (χ0) is 12.1. The summed E-state index contributed by atoms with van der Waals surface area (Å²) in [4.78, 5) is 11.1. The number of carbonyl (C=O) groups is 1. The van der Waals surface area contributed by atoms with E-state index in [2.05, 4.69) is 5.32 Å². The average Bonchev–Trinajstić information content (AvgIpc) is 2.65. The molecule has 0 fully saturated rings. The van der Waals surface area contributed by atoms with Crippen molar-refractivity contribution in [3.8, 4) is 6.07 Å². The Labute approximate surface area is 94.2 Å². The number of carbonyl (C=O) groups excluding carboxylic acids is 1. The molecule has 1 unspecified atom stereocenters. The van der Waals surface area contributed by atoms with E-state index in [0.29, 0.717) is 12.3 Å². The topological polar surface area (TPSA) is 92.1 Å². The van der Waals surface area contributed by atoms with Gasteiger partial charge in [-0.3, -0.25) is 10.1 Å². The summed E-state index contributed by atoms with van der Waals surface area (Å²) in [7, 11) is 0. The lowest BCUT2D eigenvalue weighted by Gasteiger charge is -2.17. The molecule has 1 atom stereocenters. The summed E-state index contributed by atoms with van der Waals surface area (Å²) in [5.41, 5.74) is 5.25. The third-order valence-electron chi connectivity index (χ3n) is 2.24. The Morgan fingerprint density at radius 3 is 2.75 bits per heavy atom. The van der Waals surface area contributed by atoms with Gasteiger partial charge >= 0.3 is 0 Å². The van der Waals surface area contributed by atoms with E-state index >= 15 is 0 Å². The smallest absolute Gasteiger partial charge is 0.234 e. The highest BCUT2D eigenvalue weighted by Crippen LogP contribution is 2.08. The largest absolute Gasteiger partial charge is 0.449 e. The van der Waals surface area contributed by atoms with Crippen LogP contribution in [-0.2, 0) is 11.3 Å². The van der Waals surface area contributed by atoms with Crippen LogP contribution in [-0.4, -0.2) is 11.9 Å². The molecule has 3 N–H and O–H groups in total. The molecule has 86 valence electrons. The van der Waals surface area contributed by atoms with Gasteiger partial charge in [0.2, 0.25) is 11.7 Å². The number of hydrogen-bond donors (Lipinski definition) is 2. The van der Waals surface area contributed by atoms with E-state index in [-0.39, 0.29) is 17.6 Å². The standard InChI is InChI=1S/C11H15N3O2/c1-7(2)10(11(13)15)14-6-9-4-3-8(5-12)16-9/h3-4,7,10,14H,6H2,1-2H3,(H2,13,15). The summed E-state index contributed by atoms with van der Waals surface area (Å²) < 4.78 is 5.17. The van der Waals surface area contributed by atoms with Crippen molar-refractivity contribution in [1.82, 2.24) is 5.32 Å². The molecule has 1 amide bonds. The fourth-order valence-corrected chi connectivity index (χ4v) is 1.41. The number of rotatable bonds is 5. The molecule has 0 aliphatic carbocycles. The molecule has 0 saturated carbocycles. The van der Waals surface area contributed by atoms with E-state index in [9.17, 15) is 4.79 Å². The number of nitrogens with zero attached hydrogens (tertiary/aromatic N) is 1. The van der Waals surface area contributed by atoms with Crippen LogP contribution in [0.1, 0.15) is 25.4 Å². The molecule has 16 heavy (non-hydrogen) atoms. The summed E-state index contributed by atoms with van der Waals surface area (Å²) in [5.74, 6) is 0.602. The van der Waals surface area contributed by atoms with Crippen LogP contribution in [0.3, 0.4) is 0 Å². The lowest BCUT2D eigenvalue weighted by Crippen LogP contribution is -2.44. The number of nitrogens with two attached hydrogens (primary N) is 1. The van der Waals surface area contributed by atoms with E-state index in [1.807, 2.05) is 19.9 Å². The first-order valence-electron chi connectivity index (χ1n) is 5.06. The molecule has 0 aliphatic rings. The van der Waals surface area contributed by atoms with E-state index in [4.69, 9.17) is 15.4 Å². The second-order valence-corrected chi connectivity index (χ2v) is 3.88. The fraction of sp³-hybridized carbons (Fsp3) is 0.455. The van der Waals surface area contributed by atoms with E-state index in [0.717, 1.165) is 0 Å². The highest BCUT2D eigenvalue weighted by Gasteiger charge is 2.18. The van der Waals surface area contributed by atoms with Crippen LogP contribution in [0.15, 0.2) is 16.5 Å². The van der Waals surface area contributed by atoms with Crippen molar-refractivity contribution in [2.24, 2.45) is 11.7 Å². The first-order valence-corrected chi connectivity index (χ1v) is 5.06. The summed E-state index contributed by atoms with van der Waals surface area (Å²) in [6.45, 7) is 4.20. The van der Waals surface area contributed by atoms with Gasteiger partial charge in [-0.05, 0) is 18.1 Å². The van der Waals surface area contributed by atoms with Gasteiger partial charge in [-0.25, -0.2) is 0 Å². The van der Waals surface area contributed by atoms with Crippen molar-refractivity contribution >= 4 is 5.91 Å². The van der Waals surface area contributed by atoms with Crippen LogP contribution in [0, 0.1) is 17.2 Å². The van der Waals surface area contributed by atoms with Gasteiger partial charge in [-0.15, -0.1) is 0 Å². The number of primary amides is 1. The predicted octanol–water partition coefficient (Wildman–Crippen LogP) is 0.751. The first kappa shape index (κ1) is 12.3. The monoisotopic (exact) mass is 221 g/mol. The second-order valence-electron chi connectivity index (χ2n) is 3.88. The minimum Gasteiger partial charge on any atom is -0.449 e. The SMILES string of the molecule is CC(C)C(NCc1ccc(C#N)o1)C(N)=O. The van der Waals surface area contributed by atoms with Crippen LogP contribution in [0.25, 0.3) is 0 Å². The van der Waals surface area contributed by atoms with Crippen LogP contribution >= 0.6 is 0 Å². The summed E-state index contributed by atoms with van der Waals surface area (Å²) in [6, 6.07) is 4.79. The van der Waals surface area contributed by atoms with Gasteiger partial charge in [-0.2, -0.15) is 5.26 Å². The molecule has 0 aliphatic heterocycles. The van der Waals surface area contributed by atoms with Gasteiger partial charge in [0.05, 0.1) is 12.6 Å². The van der Waals surface area contributed by atoms with Gasteiger partial charge < -0.3 is 10.2 Å². The maximum atomic E-state index is 11.1. The number of amides is 1. The number of furan rings is 1. The van der Waals surface area contributed by atoms with E-state index < -0.39 is 6.04 Å². The molecule has 1 rings (SSSR count). The summed E-state index contributed by atoms with van der Waals surface area (Å²) in [5, 5.41) is 11.6. The van der Waals surface area contributed by atoms with Gasteiger partial charge in [0.15, 0.2) is 0 Å². The molecule has 5 heteroatoms. The molecule has 0 bridgehead atoms. The molecule has 0 spiro atoms. The molecule has 1 heterocycles. The lowest BCUT2D eigenvalue weighted by atomic mass is 10.0. The number of nitriles is 1. The van der Waals surface area contributed by atoms with Crippen LogP contribution < -0.4 is 11.1 Å². The third-order valence-corrected chi connectivity index (χ3v) is 2.24. The molecule has 5 nitrogen and oxygen atoms in total. The Hall–Kier alpha value is -1.80. The first-order chi connectivity index (χ1) is 7.54. The maximum absolute atomic E-state index is 11.1. The number of hydrogen-bond acceptors (Lipinski definition) is 4. The minimum absolute atomic E-state index is 0.114. The van der Waals surface area contributed by atoms with Crippen molar-refractivity contribution in [2.45, 2.75) is 26.4 Å². The molecule has 0 aromatic carbocycles. The van der Waals surface area contributed by atoms with E-state index in [1.165, 1.54) is 0 Å². The second kappa shape index (κ2) is 5.33. The van der Waals surface area contributed by atoms with Crippen molar-refractivity contribution < 1.29 is 9.21 Å². The zero-order valence-corrected chi connectivity index (χ0v) is 9.36. The Morgan fingerprint density at radius 2 is 2.31 bits per heavy atom. The normalized spacial score (nSPS) is 12.4. The van der Waals surface area contributed by atoms with Gasteiger partial charge in [0.25, 0.3) is 0 Å². The van der Waals surface area contributed by atoms with Gasteiger partial charge in [0.1, 0.15) is 11.8 Å². The average molecular weight is 221 g/mol. The van der Waals surface area contributed by atoms with Crippen molar-refractivity contribution in [1.29, 1.82) is 5.26 Å². The Balaban J connectivity index is 2.56. The fourth-order valence-electron chi connectivity index (χ4n) is 1.41. The van der Waals surface area contributed by atoms with Crippen LogP contribution in [0.2, 0.25) is 0 Å². The van der Waals surface area contributed by atoms with Crippen molar-refractivity contribution in [2.75, 3.05) is 0 Å². The van der Waals surface area contributed by atoms with Crippen LogP contribution in [0.4, 0.5) is 0 Å². The molecule has 1 aromatic heterocycles. The predicted molar refractivity (Wildman–Crippen MR) is 58.1 cm³/mol. The lowest BCUT2D eigenvalue weighted by molar-refractivity contribution is -0.121. The summed E-state index contributed by atoms with van der Waals surface area (Å²) in [6.07, 6.45) is 0.